The quantitative estimate of drug-likeness (QED) is 0.505. The fraction of sp³-hybridized carbons (Fsp3) is 0.917. The summed E-state index contributed by atoms with van der Waals surface area (Å²) in [7, 11) is -3.34. The first-order valence-corrected chi connectivity index (χ1v) is 8.31. The molecule has 1 aliphatic carbocycles. The average molecular weight is 275 g/mol. The molecule has 0 heterocycles. The molecule has 0 aromatic rings. The van der Waals surface area contributed by atoms with Gasteiger partial charge < -0.3 is 5.73 Å². The van der Waals surface area contributed by atoms with Gasteiger partial charge in [-0.15, -0.1) is 0 Å². The molecule has 0 aromatic heterocycles. The largest absolute Gasteiger partial charge is 0.386 e. The fourth-order valence-electron chi connectivity index (χ4n) is 2.46. The van der Waals surface area contributed by atoms with Crippen molar-refractivity contribution in [3.05, 3.63) is 0 Å². The smallest absolute Gasteiger partial charge is 0.212 e. The van der Waals surface area contributed by atoms with Crippen molar-refractivity contribution in [2.24, 2.45) is 17.6 Å². The Morgan fingerprint density at radius 2 is 1.89 bits per heavy atom. The van der Waals surface area contributed by atoms with Gasteiger partial charge in [0.15, 0.2) is 0 Å². The van der Waals surface area contributed by atoms with Crippen molar-refractivity contribution in [2.45, 2.75) is 52.0 Å². The Morgan fingerprint density at radius 1 is 1.33 bits per heavy atom. The third-order valence-corrected chi connectivity index (χ3v) is 5.01. The van der Waals surface area contributed by atoms with Crippen molar-refractivity contribution in [1.29, 1.82) is 5.41 Å². The van der Waals surface area contributed by atoms with E-state index in [9.17, 15) is 8.42 Å². The third-order valence-electron chi connectivity index (χ3n) is 3.49. The maximum atomic E-state index is 12.1. The van der Waals surface area contributed by atoms with Crippen LogP contribution in [0.4, 0.5) is 0 Å². The highest BCUT2D eigenvalue weighted by molar-refractivity contribution is 7.89. The standard InChI is InChI=1S/C12H25N3O2S/c1-9(2)11(12(13)14)15-18(16,17)8-10-6-4-3-5-7-10/h9-11,15H,3-8H2,1-2H3,(H3,13,14). The molecular weight excluding hydrogens is 250 g/mol. The van der Waals surface area contributed by atoms with Crippen LogP contribution in [0.15, 0.2) is 0 Å². The van der Waals surface area contributed by atoms with E-state index in [0.717, 1.165) is 25.7 Å². The molecule has 0 aliphatic heterocycles. The summed E-state index contributed by atoms with van der Waals surface area (Å²) in [4.78, 5) is 0. The van der Waals surface area contributed by atoms with Crippen LogP contribution in [0.2, 0.25) is 0 Å². The van der Waals surface area contributed by atoms with Gasteiger partial charge in [0, 0.05) is 0 Å². The topological polar surface area (TPSA) is 96.0 Å². The number of sulfonamides is 1. The van der Waals surface area contributed by atoms with Crippen LogP contribution < -0.4 is 10.5 Å². The van der Waals surface area contributed by atoms with Gasteiger partial charge in [0.25, 0.3) is 0 Å². The third kappa shape index (κ3) is 4.94. The highest BCUT2D eigenvalue weighted by atomic mass is 32.2. The molecule has 1 rings (SSSR count). The number of nitrogens with two attached hydrogens (primary N) is 1. The van der Waals surface area contributed by atoms with Crippen molar-refractivity contribution in [1.82, 2.24) is 4.72 Å². The minimum absolute atomic E-state index is 0.0105. The molecule has 1 fully saturated rings. The molecule has 0 bridgehead atoms. The second-order valence-corrected chi connectivity index (χ2v) is 7.38. The number of amidine groups is 1. The summed E-state index contributed by atoms with van der Waals surface area (Å²) in [6, 6.07) is -0.585. The van der Waals surface area contributed by atoms with Crippen LogP contribution in [-0.2, 0) is 10.0 Å². The Balaban J connectivity index is 2.59. The molecule has 4 N–H and O–H groups in total. The van der Waals surface area contributed by atoms with E-state index < -0.39 is 16.1 Å². The van der Waals surface area contributed by atoms with Crippen LogP contribution in [0.25, 0.3) is 0 Å². The van der Waals surface area contributed by atoms with Gasteiger partial charge in [-0.05, 0) is 24.7 Å². The lowest BCUT2D eigenvalue weighted by molar-refractivity contribution is 0.383. The highest BCUT2D eigenvalue weighted by Gasteiger charge is 2.26. The van der Waals surface area contributed by atoms with E-state index in [1.54, 1.807) is 0 Å². The maximum Gasteiger partial charge on any atom is 0.212 e. The molecule has 0 aromatic carbocycles. The molecule has 1 saturated carbocycles. The van der Waals surface area contributed by atoms with Gasteiger partial charge in [0.2, 0.25) is 10.0 Å². The van der Waals surface area contributed by atoms with E-state index in [0.29, 0.717) is 0 Å². The Kier molecular flexibility index (Phi) is 5.59. The van der Waals surface area contributed by atoms with E-state index in [1.807, 2.05) is 13.8 Å². The van der Waals surface area contributed by atoms with Gasteiger partial charge in [0.05, 0.1) is 11.8 Å². The van der Waals surface area contributed by atoms with Gasteiger partial charge >= 0.3 is 0 Å². The van der Waals surface area contributed by atoms with Crippen LogP contribution in [-0.4, -0.2) is 26.0 Å². The molecule has 1 atom stereocenters. The molecule has 1 unspecified atom stereocenters. The Morgan fingerprint density at radius 3 is 2.33 bits per heavy atom. The van der Waals surface area contributed by atoms with Crippen LogP contribution in [0.3, 0.4) is 0 Å². The summed E-state index contributed by atoms with van der Waals surface area (Å²) >= 11 is 0. The predicted molar refractivity (Wildman–Crippen MR) is 74.0 cm³/mol. The molecule has 0 saturated heterocycles. The minimum Gasteiger partial charge on any atom is -0.386 e. The normalized spacial score (nSPS) is 19.9. The predicted octanol–water partition coefficient (Wildman–Crippen LogP) is 1.45. The van der Waals surface area contributed by atoms with E-state index >= 15 is 0 Å². The number of hydrogen-bond donors (Lipinski definition) is 3. The lowest BCUT2D eigenvalue weighted by atomic mass is 9.91. The molecule has 18 heavy (non-hydrogen) atoms. The Bertz CT molecular complexity index is 373. The molecular formula is C12H25N3O2S. The summed E-state index contributed by atoms with van der Waals surface area (Å²) in [6.45, 7) is 3.71. The molecule has 0 spiro atoms. The number of hydrogen-bond acceptors (Lipinski definition) is 3. The Hall–Kier alpha value is -0.620. The first kappa shape index (κ1) is 15.4. The summed E-state index contributed by atoms with van der Waals surface area (Å²) < 4.78 is 26.7. The number of nitrogens with one attached hydrogen (secondary N) is 2. The number of rotatable bonds is 6. The van der Waals surface area contributed by atoms with E-state index in [4.69, 9.17) is 11.1 Å². The zero-order valence-electron chi connectivity index (χ0n) is 11.3. The van der Waals surface area contributed by atoms with Crippen LogP contribution >= 0.6 is 0 Å². The molecule has 106 valence electrons. The molecule has 0 radical (unpaired) electrons. The first-order valence-electron chi connectivity index (χ1n) is 6.65. The van der Waals surface area contributed by atoms with Gasteiger partial charge in [0.1, 0.15) is 5.84 Å². The van der Waals surface area contributed by atoms with E-state index in [1.165, 1.54) is 6.42 Å². The fourth-order valence-corrected chi connectivity index (χ4v) is 4.30. The minimum atomic E-state index is -3.34. The maximum absolute atomic E-state index is 12.1. The second-order valence-electron chi connectivity index (χ2n) is 5.58. The average Bonchev–Trinajstić information content (AvgIpc) is 2.26. The van der Waals surface area contributed by atoms with Crippen molar-refractivity contribution in [2.75, 3.05) is 5.75 Å². The van der Waals surface area contributed by atoms with Crippen LogP contribution in [0.1, 0.15) is 46.0 Å². The van der Waals surface area contributed by atoms with E-state index in [-0.39, 0.29) is 23.4 Å². The van der Waals surface area contributed by atoms with Gasteiger partial charge in [-0.1, -0.05) is 33.1 Å². The lowest BCUT2D eigenvalue weighted by Crippen LogP contribution is -2.48. The van der Waals surface area contributed by atoms with E-state index in [2.05, 4.69) is 4.72 Å². The first-order chi connectivity index (χ1) is 8.32. The summed E-state index contributed by atoms with van der Waals surface area (Å²) in [5.74, 6) is 0.306. The van der Waals surface area contributed by atoms with Crippen molar-refractivity contribution >= 4 is 15.9 Å². The molecule has 1 aliphatic rings. The van der Waals surface area contributed by atoms with Crippen molar-refractivity contribution in [3.63, 3.8) is 0 Å². The van der Waals surface area contributed by atoms with Crippen LogP contribution in [0, 0.1) is 17.2 Å². The Labute approximate surface area is 110 Å². The van der Waals surface area contributed by atoms with Crippen LogP contribution in [0.5, 0.6) is 0 Å². The van der Waals surface area contributed by atoms with Gasteiger partial charge in [-0.2, -0.15) is 0 Å². The van der Waals surface area contributed by atoms with Crippen molar-refractivity contribution < 1.29 is 8.42 Å². The highest BCUT2D eigenvalue weighted by Crippen LogP contribution is 2.24. The SMILES string of the molecule is CC(C)C(NS(=O)(=O)CC1CCCCC1)C(=N)N. The summed E-state index contributed by atoms with van der Waals surface area (Å²) in [5.41, 5.74) is 5.43. The zero-order valence-corrected chi connectivity index (χ0v) is 12.1. The monoisotopic (exact) mass is 275 g/mol. The van der Waals surface area contributed by atoms with Gasteiger partial charge in [-0.25, -0.2) is 13.1 Å². The summed E-state index contributed by atoms with van der Waals surface area (Å²) in [5, 5.41) is 7.43. The molecule has 5 nitrogen and oxygen atoms in total. The van der Waals surface area contributed by atoms with Crippen molar-refractivity contribution in [3.8, 4) is 0 Å². The zero-order chi connectivity index (χ0) is 13.8. The van der Waals surface area contributed by atoms with Gasteiger partial charge in [-0.3, -0.25) is 5.41 Å². The lowest BCUT2D eigenvalue weighted by Gasteiger charge is -2.25. The molecule has 0 amide bonds. The second kappa shape index (κ2) is 6.52. The molecule has 6 heteroatoms. The summed E-state index contributed by atoms with van der Waals surface area (Å²) in [6.07, 6.45) is 5.45.